The molecule has 1 aromatic rings. The summed E-state index contributed by atoms with van der Waals surface area (Å²) in [4.78, 5) is 3.39. The van der Waals surface area contributed by atoms with Gasteiger partial charge in [-0.3, -0.25) is 4.90 Å². The molecule has 0 fully saturated rings. The normalized spacial score (nSPS) is 13.6. The van der Waals surface area contributed by atoms with Crippen LogP contribution in [0, 0.1) is 0 Å². The highest BCUT2D eigenvalue weighted by Crippen LogP contribution is 2.36. The van der Waals surface area contributed by atoms with Crippen LogP contribution >= 0.6 is 38.9 Å². The average Bonchev–Trinajstić information content (AvgIpc) is 2.59. The lowest BCUT2D eigenvalue weighted by atomic mass is 10.2. The Labute approximate surface area is 126 Å². The lowest BCUT2D eigenvalue weighted by Crippen LogP contribution is -2.33. The molecule has 1 aromatic heterocycles. The highest BCUT2D eigenvalue weighted by atomic mass is 79.9. The summed E-state index contributed by atoms with van der Waals surface area (Å²) >= 11 is 11.1. The second-order valence-electron chi connectivity index (χ2n) is 4.42. The van der Waals surface area contributed by atoms with Crippen molar-refractivity contribution < 1.29 is 4.74 Å². The van der Waals surface area contributed by atoms with E-state index in [1.54, 1.807) is 11.3 Å². The van der Waals surface area contributed by atoms with E-state index in [-0.39, 0.29) is 12.1 Å². The zero-order valence-corrected chi connectivity index (χ0v) is 14.1. The Balaban J connectivity index is 2.59. The van der Waals surface area contributed by atoms with Gasteiger partial charge in [0.25, 0.3) is 0 Å². The predicted octanol–water partition coefficient (Wildman–Crippen LogP) is 3.52. The second-order valence-corrected chi connectivity index (χ2v) is 6.96. The smallest absolute Gasteiger partial charge is 0.107 e. The molecule has 1 atom stereocenters. The van der Waals surface area contributed by atoms with Crippen LogP contribution in [0.15, 0.2) is 10.5 Å². The van der Waals surface area contributed by atoms with Crippen molar-refractivity contribution in [2.45, 2.75) is 26.0 Å². The minimum absolute atomic E-state index is 0.189. The summed E-state index contributed by atoms with van der Waals surface area (Å²) in [6, 6.07) is 2.24. The third-order valence-corrected chi connectivity index (χ3v) is 5.22. The molecule has 0 amide bonds. The molecular weight excluding hydrogens is 336 g/mol. The molecule has 1 unspecified atom stereocenters. The van der Waals surface area contributed by atoms with Crippen LogP contribution in [-0.4, -0.2) is 37.7 Å². The molecule has 0 aliphatic carbocycles. The van der Waals surface area contributed by atoms with Crippen LogP contribution in [0.2, 0.25) is 4.34 Å². The SMILES string of the molecule is CC(C)OCCN(C)C(CN)c1cc(Br)c(Cl)s1. The van der Waals surface area contributed by atoms with Gasteiger partial charge in [0.05, 0.1) is 18.8 Å². The van der Waals surface area contributed by atoms with E-state index in [0.29, 0.717) is 13.2 Å². The third kappa shape index (κ3) is 4.79. The summed E-state index contributed by atoms with van der Waals surface area (Å²) in [6.07, 6.45) is 0.264. The van der Waals surface area contributed by atoms with Crippen LogP contribution in [0.25, 0.3) is 0 Å². The molecule has 3 nitrogen and oxygen atoms in total. The molecule has 0 radical (unpaired) electrons. The van der Waals surface area contributed by atoms with E-state index in [1.807, 2.05) is 19.9 Å². The fourth-order valence-electron chi connectivity index (χ4n) is 1.63. The Hall–Kier alpha value is 0.350. The number of ether oxygens (including phenoxy) is 1. The average molecular weight is 356 g/mol. The maximum absolute atomic E-state index is 6.07. The third-order valence-electron chi connectivity index (χ3n) is 2.64. The first kappa shape index (κ1) is 16.4. The molecule has 0 saturated carbocycles. The van der Waals surface area contributed by atoms with E-state index in [0.717, 1.165) is 15.4 Å². The molecule has 0 spiro atoms. The number of halogens is 2. The molecule has 1 heterocycles. The first-order chi connectivity index (χ1) is 8.45. The summed E-state index contributed by atoms with van der Waals surface area (Å²) in [7, 11) is 2.06. The summed E-state index contributed by atoms with van der Waals surface area (Å²) < 4.78 is 7.27. The highest BCUT2D eigenvalue weighted by molar-refractivity contribution is 9.10. The van der Waals surface area contributed by atoms with Crippen LogP contribution < -0.4 is 5.73 Å². The summed E-state index contributed by atoms with van der Waals surface area (Å²) in [5.41, 5.74) is 5.86. The lowest BCUT2D eigenvalue weighted by molar-refractivity contribution is 0.0567. The zero-order valence-electron chi connectivity index (χ0n) is 11.0. The fourth-order valence-corrected chi connectivity index (χ4v) is 3.54. The second kappa shape index (κ2) is 7.82. The molecule has 1 rings (SSSR count). The van der Waals surface area contributed by atoms with Gasteiger partial charge in [-0.1, -0.05) is 11.6 Å². The Kier molecular flexibility index (Phi) is 7.13. The Morgan fingerprint density at radius 1 is 1.56 bits per heavy atom. The number of thiophene rings is 1. The minimum atomic E-state index is 0.189. The first-order valence-corrected chi connectivity index (χ1v) is 7.91. The summed E-state index contributed by atoms with van der Waals surface area (Å²) in [5, 5.41) is 0. The van der Waals surface area contributed by atoms with Crippen molar-refractivity contribution >= 4 is 38.9 Å². The van der Waals surface area contributed by atoms with Crippen molar-refractivity contribution in [1.82, 2.24) is 4.90 Å². The van der Waals surface area contributed by atoms with Crippen molar-refractivity contribution in [2.75, 3.05) is 26.7 Å². The van der Waals surface area contributed by atoms with Crippen molar-refractivity contribution in [3.8, 4) is 0 Å². The number of rotatable bonds is 7. The minimum Gasteiger partial charge on any atom is -0.377 e. The van der Waals surface area contributed by atoms with E-state index in [1.165, 1.54) is 4.88 Å². The number of hydrogen-bond donors (Lipinski definition) is 1. The van der Waals surface area contributed by atoms with Gasteiger partial charge in [0, 0.05) is 22.4 Å². The van der Waals surface area contributed by atoms with Crippen molar-refractivity contribution in [1.29, 1.82) is 0 Å². The van der Waals surface area contributed by atoms with Gasteiger partial charge < -0.3 is 10.5 Å². The van der Waals surface area contributed by atoms with Gasteiger partial charge in [-0.15, -0.1) is 11.3 Å². The van der Waals surface area contributed by atoms with Crippen molar-refractivity contribution in [3.05, 3.63) is 19.8 Å². The molecule has 0 saturated heterocycles. The number of hydrogen-bond acceptors (Lipinski definition) is 4. The molecule has 0 aromatic carbocycles. The van der Waals surface area contributed by atoms with E-state index in [9.17, 15) is 0 Å². The van der Waals surface area contributed by atoms with Crippen LogP contribution in [0.3, 0.4) is 0 Å². The van der Waals surface area contributed by atoms with Crippen LogP contribution in [0.4, 0.5) is 0 Å². The van der Waals surface area contributed by atoms with Gasteiger partial charge in [-0.25, -0.2) is 0 Å². The molecule has 104 valence electrons. The largest absolute Gasteiger partial charge is 0.377 e. The molecule has 2 N–H and O–H groups in total. The van der Waals surface area contributed by atoms with Crippen molar-refractivity contribution in [2.24, 2.45) is 5.73 Å². The molecule has 0 bridgehead atoms. The molecule has 0 aliphatic rings. The summed E-state index contributed by atoms with van der Waals surface area (Å²) in [6.45, 7) is 6.22. The van der Waals surface area contributed by atoms with Crippen molar-refractivity contribution in [3.63, 3.8) is 0 Å². The summed E-state index contributed by atoms with van der Waals surface area (Å²) in [5.74, 6) is 0. The lowest BCUT2D eigenvalue weighted by Gasteiger charge is -2.26. The van der Waals surface area contributed by atoms with Gasteiger partial charge in [0.1, 0.15) is 4.34 Å². The molecule has 0 aliphatic heterocycles. The predicted molar refractivity (Wildman–Crippen MR) is 82.5 cm³/mol. The highest BCUT2D eigenvalue weighted by Gasteiger charge is 2.19. The Bertz CT molecular complexity index is 353. The van der Waals surface area contributed by atoms with Gasteiger partial charge in [0.15, 0.2) is 0 Å². The van der Waals surface area contributed by atoms with E-state index in [4.69, 9.17) is 22.1 Å². The maximum Gasteiger partial charge on any atom is 0.107 e. The quantitative estimate of drug-likeness (QED) is 0.813. The van der Waals surface area contributed by atoms with Gasteiger partial charge in [0.2, 0.25) is 0 Å². The molecular formula is C12H20BrClN2OS. The molecule has 6 heteroatoms. The van der Waals surface area contributed by atoms with Gasteiger partial charge in [-0.05, 0) is 42.9 Å². The van der Waals surface area contributed by atoms with E-state index < -0.39 is 0 Å². The first-order valence-electron chi connectivity index (χ1n) is 5.92. The monoisotopic (exact) mass is 354 g/mol. The fraction of sp³-hybridized carbons (Fsp3) is 0.667. The topological polar surface area (TPSA) is 38.5 Å². The number of nitrogens with zero attached hydrogens (tertiary/aromatic N) is 1. The maximum atomic E-state index is 6.07. The van der Waals surface area contributed by atoms with E-state index in [2.05, 4.69) is 27.9 Å². The van der Waals surface area contributed by atoms with Crippen LogP contribution in [-0.2, 0) is 4.74 Å². The van der Waals surface area contributed by atoms with Crippen LogP contribution in [0.5, 0.6) is 0 Å². The van der Waals surface area contributed by atoms with E-state index >= 15 is 0 Å². The van der Waals surface area contributed by atoms with Gasteiger partial charge >= 0.3 is 0 Å². The number of nitrogens with two attached hydrogens (primary N) is 1. The zero-order chi connectivity index (χ0) is 13.7. The Morgan fingerprint density at radius 3 is 2.67 bits per heavy atom. The van der Waals surface area contributed by atoms with Gasteiger partial charge in [-0.2, -0.15) is 0 Å². The van der Waals surface area contributed by atoms with Crippen LogP contribution in [0.1, 0.15) is 24.8 Å². The molecule has 18 heavy (non-hydrogen) atoms. The standard InChI is InChI=1S/C12H20BrClN2OS/c1-8(2)17-5-4-16(3)10(7-15)11-6-9(13)12(14)18-11/h6,8,10H,4-5,7,15H2,1-3H3. The Morgan fingerprint density at radius 2 is 2.22 bits per heavy atom. The number of likely N-dealkylation sites (N-methyl/N-ethyl adjacent to an activating group) is 1.